The second-order valence-electron chi connectivity index (χ2n) is 4.33. The third-order valence-electron chi connectivity index (χ3n) is 3.22. The van der Waals surface area contributed by atoms with Crippen LogP contribution in [0.5, 0.6) is 0 Å². The maximum atomic E-state index is 6.09. The first-order valence-electron chi connectivity index (χ1n) is 5.76. The molecule has 3 nitrogen and oxygen atoms in total. The molecule has 2 unspecified atom stereocenters. The van der Waals surface area contributed by atoms with Crippen molar-refractivity contribution in [1.29, 1.82) is 0 Å². The third-order valence-corrected chi connectivity index (χ3v) is 3.22. The molecule has 3 heteroatoms. The van der Waals surface area contributed by atoms with Crippen molar-refractivity contribution in [2.75, 3.05) is 11.9 Å². The lowest BCUT2D eigenvalue weighted by molar-refractivity contribution is 0.321. The van der Waals surface area contributed by atoms with Crippen LogP contribution in [-0.4, -0.2) is 17.6 Å². The molecule has 0 bridgehead atoms. The number of rotatable bonds is 3. The van der Waals surface area contributed by atoms with Crippen molar-refractivity contribution >= 4 is 5.69 Å². The highest BCUT2D eigenvalue weighted by molar-refractivity contribution is 5.40. The van der Waals surface area contributed by atoms with Crippen LogP contribution in [0, 0.1) is 5.92 Å². The van der Waals surface area contributed by atoms with Crippen LogP contribution in [0.3, 0.4) is 0 Å². The predicted octanol–water partition coefficient (Wildman–Crippen LogP) is 2.01. The Morgan fingerprint density at radius 3 is 2.73 bits per heavy atom. The summed E-state index contributed by atoms with van der Waals surface area (Å²) in [5.74, 6) is 0.631. The van der Waals surface area contributed by atoms with Gasteiger partial charge in [0.15, 0.2) is 0 Å². The topological polar surface area (TPSA) is 50.9 Å². The zero-order valence-corrected chi connectivity index (χ0v) is 9.02. The second kappa shape index (κ2) is 5.12. The Labute approximate surface area is 91.1 Å². The summed E-state index contributed by atoms with van der Waals surface area (Å²) in [5, 5.41) is 3.42. The average molecular weight is 205 g/mol. The monoisotopic (exact) mass is 205 g/mol. The molecule has 82 valence electrons. The lowest BCUT2D eigenvalue weighted by atomic mass is 9.85. The molecule has 15 heavy (non-hydrogen) atoms. The summed E-state index contributed by atoms with van der Waals surface area (Å²) in [6.45, 7) is 0.991. The lowest BCUT2D eigenvalue weighted by Crippen LogP contribution is -2.37. The van der Waals surface area contributed by atoms with Crippen LogP contribution in [-0.2, 0) is 0 Å². The summed E-state index contributed by atoms with van der Waals surface area (Å²) in [4.78, 5) is 3.99. The van der Waals surface area contributed by atoms with Crippen molar-refractivity contribution in [1.82, 2.24) is 4.98 Å². The molecule has 3 N–H and O–H groups in total. The SMILES string of the molecule is NC1CCCCC1CNc1ccncc1. The molecular formula is C12H19N3. The molecule has 0 saturated heterocycles. The Kier molecular flexibility index (Phi) is 3.56. The minimum absolute atomic E-state index is 0.382. The van der Waals surface area contributed by atoms with E-state index in [1.165, 1.54) is 25.7 Å². The van der Waals surface area contributed by atoms with Crippen LogP contribution in [0.25, 0.3) is 0 Å². The molecule has 1 aromatic heterocycles. The molecule has 1 aliphatic carbocycles. The summed E-state index contributed by atoms with van der Waals surface area (Å²) in [7, 11) is 0. The van der Waals surface area contributed by atoms with Gasteiger partial charge in [-0.15, -0.1) is 0 Å². The van der Waals surface area contributed by atoms with Gasteiger partial charge in [-0.25, -0.2) is 0 Å². The molecule has 1 aliphatic rings. The van der Waals surface area contributed by atoms with Crippen molar-refractivity contribution in [3.8, 4) is 0 Å². The van der Waals surface area contributed by atoms with Crippen LogP contribution < -0.4 is 11.1 Å². The van der Waals surface area contributed by atoms with E-state index in [1.807, 2.05) is 24.5 Å². The Morgan fingerprint density at radius 2 is 2.00 bits per heavy atom. The number of hydrogen-bond donors (Lipinski definition) is 2. The van der Waals surface area contributed by atoms with Gasteiger partial charge in [0.25, 0.3) is 0 Å². The quantitative estimate of drug-likeness (QED) is 0.793. The molecule has 1 aromatic rings. The minimum Gasteiger partial charge on any atom is -0.385 e. The number of anilines is 1. The average Bonchev–Trinajstić information content (AvgIpc) is 2.29. The standard InChI is InChI=1S/C12H19N3/c13-12-4-2-1-3-10(12)9-15-11-5-7-14-8-6-11/h5-8,10,12H,1-4,9,13H2,(H,14,15). The molecule has 0 amide bonds. The van der Waals surface area contributed by atoms with E-state index in [1.54, 1.807) is 0 Å². The van der Waals surface area contributed by atoms with Gasteiger partial charge in [-0.3, -0.25) is 4.98 Å². The Balaban J connectivity index is 1.82. The summed E-state index contributed by atoms with van der Waals surface area (Å²) < 4.78 is 0. The molecule has 2 rings (SSSR count). The number of nitrogens with one attached hydrogen (secondary N) is 1. The number of aromatic nitrogens is 1. The fourth-order valence-electron chi connectivity index (χ4n) is 2.21. The van der Waals surface area contributed by atoms with Gasteiger partial charge in [0.2, 0.25) is 0 Å². The van der Waals surface area contributed by atoms with Gasteiger partial charge < -0.3 is 11.1 Å². The van der Waals surface area contributed by atoms with Gasteiger partial charge in [0, 0.05) is 30.7 Å². The van der Waals surface area contributed by atoms with Crippen LogP contribution >= 0.6 is 0 Å². The van der Waals surface area contributed by atoms with E-state index in [0.29, 0.717) is 12.0 Å². The van der Waals surface area contributed by atoms with E-state index < -0.39 is 0 Å². The van der Waals surface area contributed by atoms with Crippen LogP contribution in [0.2, 0.25) is 0 Å². The maximum Gasteiger partial charge on any atom is 0.0371 e. The largest absolute Gasteiger partial charge is 0.385 e. The van der Waals surface area contributed by atoms with Crippen molar-refractivity contribution in [2.45, 2.75) is 31.7 Å². The Hall–Kier alpha value is -1.09. The third kappa shape index (κ3) is 2.93. The van der Waals surface area contributed by atoms with E-state index in [4.69, 9.17) is 5.73 Å². The molecule has 0 aromatic carbocycles. The molecule has 2 atom stereocenters. The molecule has 0 spiro atoms. The van der Waals surface area contributed by atoms with E-state index in [2.05, 4.69) is 10.3 Å². The van der Waals surface area contributed by atoms with Crippen molar-refractivity contribution < 1.29 is 0 Å². The zero-order chi connectivity index (χ0) is 10.5. The maximum absolute atomic E-state index is 6.09. The Bertz CT molecular complexity index is 286. The normalized spacial score (nSPS) is 26.2. The predicted molar refractivity (Wildman–Crippen MR) is 62.7 cm³/mol. The van der Waals surface area contributed by atoms with Crippen molar-refractivity contribution in [3.05, 3.63) is 24.5 Å². The number of nitrogens with two attached hydrogens (primary N) is 1. The van der Waals surface area contributed by atoms with Crippen LogP contribution in [0.4, 0.5) is 5.69 Å². The molecule has 0 aliphatic heterocycles. The number of hydrogen-bond acceptors (Lipinski definition) is 3. The first-order valence-corrected chi connectivity index (χ1v) is 5.76. The highest BCUT2D eigenvalue weighted by atomic mass is 14.9. The van der Waals surface area contributed by atoms with Crippen molar-refractivity contribution in [2.24, 2.45) is 11.7 Å². The summed E-state index contributed by atoms with van der Waals surface area (Å²) in [6.07, 6.45) is 8.69. The summed E-state index contributed by atoms with van der Waals surface area (Å²) in [6, 6.07) is 4.37. The highest BCUT2D eigenvalue weighted by Gasteiger charge is 2.21. The number of nitrogens with zero attached hydrogens (tertiary/aromatic N) is 1. The summed E-state index contributed by atoms with van der Waals surface area (Å²) >= 11 is 0. The zero-order valence-electron chi connectivity index (χ0n) is 9.02. The molecule has 1 fully saturated rings. The van der Waals surface area contributed by atoms with Gasteiger partial charge in [-0.05, 0) is 30.9 Å². The smallest absolute Gasteiger partial charge is 0.0371 e. The number of pyridine rings is 1. The first-order chi connectivity index (χ1) is 7.36. The van der Waals surface area contributed by atoms with E-state index in [-0.39, 0.29) is 0 Å². The first kappa shape index (κ1) is 10.4. The fourth-order valence-corrected chi connectivity index (χ4v) is 2.21. The molecule has 0 radical (unpaired) electrons. The van der Waals surface area contributed by atoms with Crippen LogP contribution in [0.15, 0.2) is 24.5 Å². The van der Waals surface area contributed by atoms with E-state index >= 15 is 0 Å². The van der Waals surface area contributed by atoms with E-state index in [0.717, 1.165) is 12.2 Å². The molecular weight excluding hydrogens is 186 g/mol. The van der Waals surface area contributed by atoms with Gasteiger partial charge in [-0.2, -0.15) is 0 Å². The van der Waals surface area contributed by atoms with E-state index in [9.17, 15) is 0 Å². The van der Waals surface area contributed by atoms with Gasteiger partial charge >= 0.3 is 0 Å². The highest BCUT2D eigenvalue weighted by Crippen LogP contribution is 2.23. The van der Waals surface area contributed by atoms with Gasteiger partial charge in [0.1, 0.15) is 0 Å². The Morgan fingerprint density at radius 1 is 1.27 bits per heavy atom. The second-order valence-corrected chi connectivity index (χ2v) is 4.33. The fraction of sp³-hybridized carbons (Fsp3) is 0.583. The van der Waals surface area contributed by atoms with Gasteiger partial charge in [0.05, 0.1) is 0 Å². The van der Waals surface area contributed by atoms with Crippen LogP contribution in [0.1, 0.15) is 25.7 Å². The van der Waals surface area contributed by atoms with Gasteiger partial charge in [-0.1, -0.05) is 12.8 Å². The molecule has 1 saturated carbocycles. The van der Waals surface area contributed by atoms with Crippen molar-refractivity contribution in [3.63, 3.8) is 0 Å². The molecule has 1 heterocycles. The lowest BCUT2D eigenvalue weighted by Gasteiger charge is -2.28. The summed E-state index contributed by atoms with van der Waals surface area (Å²) in [5.41, 5.74) is 7.23. The minimum atomic E-state index is 0.382.